The molecule has 19 heavy (non-hydrogen) atoms. The lowest BCUT2D eigenvalue weighted by molar-refractivity contribution is 0.154. The van der Waals surface area contributed by atoms with Gasteiger partial charge in [0.05, 0.1) is 6.61 Å². The summed E-state index contributed by atoms with van der Waals surface area (Å²) in [4.78, 5) is 6.69. The topological polar surface area (TPSA) is 51.4 Å². The van der Waals surface area contributed by atoms with Crippen molar-refractivity contribution < 1.29 is 4.74 Å². The highest BCUT2D eigenvalue weighted by atomic mass is 16.5. The Hall–Kier alpha value is -1.13. The van der Waals surface area contributed by atoms with Gasteiger partial charge in [-0.1, -0.05) is 13.0 Å². The van der Waals surface area contributed by atoms with Crippen LogP contribution in [-0.2, 0) is 11.2 Å². The van der Waals surface area contributed by atoms with E-state index in [0.717, 1.165) is 38.4 Å². The first kappa shape index (κ1) is 15.9. The highest BCUT2D eigenvalue weighted by Gasteiger charge is 2.08. The van der Waals surface area contributed by atoms with Crippen LogP contribution in [0.4, 0.5) is 5.82 Å². The summed E-state index contributed by atoms with van der Waals surface area (Å²) in [5, 5.41) is 0. The van der Waals surface area contributed by atoms with Gasteiger partial charge in [-0.15, -0.1) is 0 Å². The predicted octanol–water partition coefficient (Wildman–Crippen LogP) is 2.14. The van der Waals surface area contributed by atoms with Crippen LogP contribution in [0.5, 0.6) is 0 Å². The van der Waals surface area contributed by atoms with Crippen LogP contribution in [0.1, 0.15) is 31.4 Å². The maximum atomic E-state index is 5.98. The number of ether oxygens (including phenoxy) is 1. The Morgan fingerprint density at radius 3 is 2.74 bits per heavy atom. The van der Waals surface area contributed by atoms with E-state index < -0.39 is 0 Å². The van der Waals surface area contributed by atoms with E-state index in [1.54, 1.807) is 0 Å². The molecule has 0 fully saturated rings. The maximum absolute atomic E-state index is 5.98. The van der Waals surface area contributed by atoms with Crippen LogP contribution in [0.2, 0.25) is 0 Å². The Morgan fingerprint density at radius 2 is 2.16 bits per heavy atom. The Kier molecular flexibility index (Phi) is 6.81. The molecule has 0 bridgehead atoms. The molecule has 1 aromatic heterocycles. The van der Waals surface area contributed by atoms with E-state index in [1.165, 1.54) is 11.1 Å². The molecule has 0 amide bonds. The SMILES string of the molecule is CCOCCN(C)c1ncc(CC(N)CC)cc1C. The number of likely N-dealkylation sites (N-methyl/N-ethyl adjacent to an activating group) is 1. The Bertz CT molecular complexity index is 382. The van der Waals surface area contributed by atoms with Crippen LogP contribution in [0.3, 0.4) is 0 Å². The van der Waals surface area contributed by atoms with E-state index in [2.05, 4.69) is 29.8 Å². The molecule has 1 heterocycles. The minimum Gasteiger partial charge on any atom is -0.380 e. The first-order chi connectivity index (χ1) is 9.08. The molecule has 1 atom stereocenters. The van der Waals surface area contributed by atoms with Crippen LogP contribution in [-0.4, -0.2) is 37.8 Å². The van der Waals surface area contributed by atoms with Crippen LogP contribution >= 0.6 is 0 Å². The summed E-state index contributed by atoms with van der Waals surface area (Å²) in [6, 6.07) is 2.41. The molecule has 0 saturated heterocycles. The van der Waals surface area contributed by atoms with E-state index in [0.29, 0.717) is 0 Å². The van der Waals surface area contributed by atoms with Gasteiger partial charge in [-0.3, -0.25) is 0 Å². The fraction of sp³-hybridized carbons (Fsp3) is 0.667. The van der Waals surface area contributed by atoms with E-state index in [9.17, 15) is 0 Å². The van der Waals surface area contributed by atoms with Crippen molar-refractivity contribution in [3.05, 3.63) is 23.4 Å². The first-order valence-corrected chi connectivity index (χ1v) is 7.08. The van der Waals surface area contributed by atoms with Crippen molar-refractivity contribution in [3.8, 4) is 0 Å². The highest BCUT2D eigenvalue weighted by Crippen LogP contribution is 2.17. The summed E-state index contributed by atoms with van der Waals surface area (Å²) in [6.45, 7) is 8.57. The van der Waals surface area contributed by atoms with Crippen molar-refractivity contribution in [2.24, 2.45) is 5.73 Å². The summed E-state index contributed by atoms with van der Waals surface area (Å²) < 4.78 is 5.37. The number of pyridine rings is 1. The molecule has 0 spiro atoms. The molecule has 0 aliphatic rings. The van der Waals surface area contributed by atoms with Gasteiger partial charge in [-0.2, -0.15) is 0 Å². The molecule has 108 valence electrons. The lowest BCUT2D eigenvalue weighted by atomic mass is 10.0. The molecule has 0 saturated carbocycles. The number of hydrogen-bond acceptors (Lipinski definition) is 4. The molecule has 0 radical (unpaired) electrons. The minimum absolute atomic E-state index is 0.225. The van der Waals surface area contributed by atoms with Crippen molar-refractivity contribution in [1.82, 2.24) is 4.98 Å². The number of anilines is 1. The Labute approximate surface area is 117 Å². The van der Waals surface area contributed by atoms with E-state index in [4.69, 9.17) is 10.5 Å². The zero-order chi connectivity index (χ0) is 14.3. The van der Waals surface area contributed by atoms with E-state index >= 15 is 0 Å². The van der Waals surface area contributed by atoms with Crippen molar-refractivity contribution >= 4 is 5.82 Å². The Morgan fingerprint density at radius 1 is 1.42 bits per heavy atom. The van der Waals surface area contributed by atoms with Gasteiger partial charge >= 0.3 is 0 Å². The molecule has 0 aliphatic heterocycles. The van der Waals surface area contributed by atoms with E-state index in [1.807, 2.05) is 20.2 Å². The summed E-state index contributed by atoms with van der Waals surface area (Å²) in [5.74, 6) is 1.02. The molecular formula is C15H27N3O. The van der Waals surface area contributed by atoms with Crippen LogP contribution in [0.15, 0.2) is 12.3 Å². The smallest absolute Gasteiger partial charge is 0.131 e. The zero-order valence-corrected chi connectivity index (χ0v) is 12.6. The van der Waals surface area contributed by atoms with E-state index in [-0.39, 0.29) is 6.04 Å². The number of hydrogen-bond donors (Lipinski definition) is 1. The lowest BCUT2D eigenvalue weighted by Gasteiger charge is -2.20. The van der Waals surface area contributed by atoms with Gasteiger partial charge in [-0.25, -0.2) is 4.98 Å². The second-order valence-corrected chi connectivity index (χ2v) is 4.98. The second-order valence-electron chi connectivity index (χ2n) is 4.98. The third-order valence-corrected chi connectivity index (χ3v) is 3.27. The summed E-state index contributed by atoms with van der Waals surface area (Å²) in [7, 11) is 2.05. The Balaban J connectivity index is 2.65. The maximum Gasteiger partial charge on any atom is 0.131 e. The largest absolute Gasteiger partial charge is 0.380 e. The zero-order valence-electron chi connectivity index (χ0n) is 12.6. The molecule has 4 heteroatoms. The normalized spacial score (nSPS) is 12.5. The fourth-order valence-corrected chi connectivity index (χ4v) is 2.04. The average molecular weight is 265 g/mol. The number of nitrogens with two attached hydrogens (primary N) is 1. The molecule has 1 unspecified atom stereocenters. The third-order valence-electron chi connectivity index (χ3n) is 3.27. The number of aryl methyl sites for hydroxylation is 1. The van der Waals surface area contributed by atoms with Crippen LogP contribution in [0, 0.1) is 6.92 Å². The summed E-state index contributed by atoms with van der Waals surface area (Å²) in [5.41, 5.74) is 8.39. The first-order valence-electron chi connectivity index (χ1n) is 7.08. The molecule has 1 aromatic rings. The van der Waals surface area contributed by atoms with Gasteiger partial charge in [0.15, 0.2) is 0 Å². The van der Waals surface area contributed by atoms with Gasteiger partial charge in [0.25, 0.3) is 0 Å². The lowest BCUT2D eigenvalue weighted by Crippen LogP contribution is -2.25. The highest BCUT2D eigenvalue weighted by molar-refractivity contribution is 5.46. The van der Waals surface area contributed by atoms with Crippen LogP contribution < -0.4 is 10.6 Å². The molecule has 1 rings (SSSR count). The summed E-state index contributed by atoms with van der Waals surface area (Å²) in [6.07, 6.45) is 3.83. The van der Waals surface area contributed by atoms with Gasteiger partial charge in [0.2, 0.25) is 0 Å². The monoisotopic (exact) mass is 265 g/mol. The fourth-order valence-electron chi connectivity index (χ4n) is 2.04. The van der Waals surface area contributed by atoms with Gasteiger partial charge in [0.1, 0.15) is 5.82 Å². The van der Waals surface area contributed by atoms with Crippen molar-refractivity contribution in [1.29, 1.82) is 0 Å². The second kappa shape index (κ2) is 8.12. The average Bonchev–Trinajstić information content (AvgIpc) is 2.38. The molecular weight excluding hydrogens is 238 g/mol. The molecule has 0 aliphatic carbocycles. The van der Waals surface area contributed by atoms with Gasteiger partial charge < -0.3 is 15.4 Å². The van der Waals surface area contributed by atoms with Crippen molar-refractivity contribution in [2.45, 2.75) is 39.7 Å². The van der Waals surface area contributed by atoms with Crippen molar-refractivity contribution in [2.75, 3.05) is 31.7 Å². The number of rotatable bonds is 8. The number of aromatic nitrogens is 1. The quantitative estimate of drug-likeness (QED) is 0.732. The molecule has 2 N–H and O–H groups in total. The van der Waals surface area contributed by atoms with Gasteiger partial charge in [-0.05, 0) is 37.8 Å². The standard InChI is InChI=1S/C15H27N3O/c1-5-14(16)10-13-9-12(3)15(17-11-13)18(4)7-8-19-6-2/h9,11,14H,5-8,10,16H2,1-4H3. The minimum atomic E-state index is 0.225. The summed E-state index contributed by atoms with van der Waals surface area (Å²) >= 11 is 0. The van der Waals surface area contributed by atoms with Crippen LogP contribution in [0.25, 0.3) is 0 Å². The third kappa shape index (κ3) is 5.17. The van der Waals surface area contributed by atoms with Gasteiger partial charge in [0, 0.05) is 32.4 Å². The number of nitrogens with zero attached hydrogens (tertiary/aromatic N) is 2. The van der Waals surface area contributed by atoms with Crippen molar-refractivity contribution in [3.63, 3.8) is 0 Å². The predicted molar refractivity (Wildman–Crippen MR) is 80.7 cm³/mol. The molecule has 4 nitrogen and oxygen atoms in total. The molecule has 0 aromatic carbocycles.